The van der Waals surface area contributed by atoms with Gasteiger partial charge in [0.15, 0.2) is 5.96 Å². The van der Waals surface area contributed by atoms with Gasteiger partial charge >= 0.3 is 0 Å². The number of halogens is 1. The van der Waals surface area contributed by atoms with E-state index in [1.807, 2.05) is 12.5 Å². The van der Waals surface area contributed by atoms with E-state index in [4.69, 9.17) is 14.5 Å². The van der Waals surface area contributed by atoms with Gasteiger partial charge < -0.3 is 24.3 Å². The lowest BCUT2D eigenvalue weighted by molar-refractivity contribution is 0.0529. The Morgan fingerprint density at radius 1 is 1.27 bits per heavy atom. The van der Waals surface area contributed by atoms with Crippen LogP contribution in [0.25, 0.3) is 0 Å². The molecule has 2 unspecified atom stereocenters. The number of likely N-dealkylation sites (tertiary alicyclic amines) is 1. The smallest absolute Gasteiger partial charge is 0.194 e. The van der Waals surface area contributed by atoms with Crippen LogP contribution in [0.2, 0.25) is 0 Å². The van der Waals surface area contributed by atoms with E-state index >= 15 is 0 Å². The van der Waals surface area contributed by atoms with Gasteiger partial charge in [0.2, 0.25) is 0 Å². The number of hydrogen-bond donors (Lipinski definition) is 1. The van der Waals surface area contributed by atoms with Crippen molar-refractivity contribution >= 4 is 29.9 Å². The first-order chi connectivity index (χ1) is 15.6. The van der Waals surface area contributed by atoms with Gasteiger partial charge in [0.25, 0.3) is 0 Å². The molecule has 3 heterocycles. The summed E-state index contributed by atoms with van der Waals surface area (Å²) in [6, 6.07) is 8.93. The summed E-state index contributed by atoms with van der Waals surface area (Å²) in [7, 11) is 1.71. The molecule has 182 valence electrons. The van der Waals surface area contributed by atoms with Crippen molar-refractivity contribution in [2.75, 3.05) is 46.5 Å². The average molecular weight is 568 g/mol. The van der Waals surface area contributed by atoms with Crippen LogP contribution >= 0.6 is 24.0 Å². The summed E-state index contributed by atoms with van der Waals surface area (Å²) in [6.07, 6.45) is 9.00. The third-order valence-corrected chi connectivity index (χ3v) is 7.14. The summed E-state index contributed by atoms with van der Waals surface area (Å²) in [5.41, 5.74) is 1.32. The first-order valence-corrected chi connectivity index (χ1v) is 11.9. The van der Waals surface area contributed by atoms with Crippen molar-refractivity contribution in [3.05, 3.63) is 48.5 Å². The van der Waals surface area contributed by atoms with E-state index in [2.05, 4.69) is 64.1 Å². The number of piperidine rings is 1. The number of nitrogens with one attached hydrogen (secondary N) is 1. The topological polar surface area (TPSA) is 63.9 Å². The highest BCUT2D eigenvalue weighted by atomic mass is 127. The van der Waals surface area contributed by atoms with Gasteiger partial charge in [-0.05, 0) is 49.8 Å². The van der Waals surface area contributed by atoms with Crippen LogP contribution in [-0.4, -0.2) is 66.9 Å². The monoisotopic (exact) mass is 567 g/mol. The van der Waals surface area contributed by atoms with Crippen LogP contribution in [0, 0.1) is 5.92 Å². The van der Waals surface area contributed by atoms with Crippen molar-refractivity contribution in [3.8, 4) is 5.75 Å². The Labute approximate surface area is 215 Å². The lowest BCUT2D eigenvalue weighted by Gasteiger charge is -2.40. The Morgan fingerprint density at radius 3 is 2.67 bits per heavy atom. The first-order valence-electron chi connectivity index (χ1n) is 11.9. The molecule has 1 aromatic carbocycles. The Hall–Kier alpha value is -1.81. The maximum Gasteiger partial charge on any atom is 0.194 e. The summed E-state index contributed by atoms with van der Waals surface area (Å²) in [4.78, 5) is 11.9. The third-order valence-electron chi connectivity index (χ3n) is 7.14. The minimum atomic E-state index is -0.00196. The third kappa shape index (κ3) is 6.01. The van der Waals surface area contributed by atoms with Gasteiger partial charge in [-0.15, -0.1) is 24.0 Å². The Kier molecular flexibility index (Phi) is 9.43. The second-order valence-corrected chi connectivity index (χ2v) is 9.08. The molecule has 2 atom stereocenters. The van der Waals surface area contributed by atoms with Gasteiger partial charge in [-0.2, -0.15) is 0 Å². The van der Waals surface area contributed by atoms with Crippen molar-refractivity contribution in [2.45, 2.75) is 44.6 Å². The highest BCUT2D eigenvalue weighted by Crippen LogP contribution is 2.36. The number of benzene rings is 1. The highest BCUT2D eigenvalue weighted by Gasteiger charge is 2.35. The minimum Gasteiger partial charge on any atom is -0.497 e. The van der Waals surface area contributed by atoms with Gasteiger partial charge in [0.1, 0.15) is 5.75 Å². The quantitative estimate of drug-likeness (QED) is 0.324. The Morgan fingerprint density at radius 2 is 2.03 bits per heavy atom. The van der Waals surface area contributed by atoms with Crippen molar-refractivity contribution < 1.29 is 9.47 Å². The molecule has 0 amide bonds. The van der Waals surface area contributed by atoms with Crippen LogP contribution in [0.1, 0.15) is 44.7 Å². The summed E-state index contributed by atoms with van der Waals surface area (Å²) < 4.78 is 13.3. The molecule has 0 saturated carbocycles. The molecule has 2 aromatic rings. The standard InChI is InChI=1S/C25H37N5O2.HI/c1-4-27-24(29-13-9-20(2)23(17-29)30-14-12-26-19-30)28-18-25(10-15-32-16-11-25)21-5-7-22(31-3)8-6-21;/h5-8,12,14,19-20,23H,4,9-11,13,15-18H2,1-3H3,(H,27,28);1H. The van der Waals surface area contributed by atoms with Gasteiger partial charge in [0.05, 0.1) is 26.0 Å². The van der Waals surface area contributed by atoms with Crippen LogP contribution in [0.3, 0.4) is 0 Å². The van der Waals surface area contributed by atoms with Crippen LogP contribution in [0.15, 0.2) is 48.0 Å². The Balaban J connectivity index is 0.00000306. The van der Waals surface area contributed by atoms with Crippen molar-refractivity contribution in [1.82, 2.24) is 19.8 Å². The molecular weight excluding hydrogens is 529 g/mol. The molecular formula is C25H38IN5O2. The zero-order valence-corrected chi connectivity index (χ0v) is 22.4. The number of rotatable bonds is 6. The van der Waals surface area contributed by atoms with E-state index in [0.29, 0.717) is 12.0 Å². The Bertz CT molecular complexity index is 865. The maximum atomic E-state index is 5.72. The van der Waals surface area contributed by atoms with Gasteiger partial charge in [-0.3, -0.25) is 4.99 Å². The SMILES string of the molecule is CCNC(=NCC1(c2ccc(OC)cc2)CCOCC1)N1CCC(C)C(n2ccnc2)C1.I. The molecule has 1 N–H and O–H groups in total. The number of imidazole rings is 1. The van der Waals surface area contributed by atoms with Crippen LogP contribution in [-0.2, 0) is 10.2 Å². The number of aliphatic imine (C=N–C) groups is 1. The van der Waals surface area contributed by atoms with Gasteiger partial charge in [-0.25, -0.2) is 4.98 Å². The largest absolute Gasteiger partial charge is 0.497 e. The van der Waals surface area contributed by atoms with Crippen molar-refractivity contribution in [3.63, 3.8) is 0 Å². The number of aromatic nitrogens is 2. The zero-order valence-electron chi connectivity index (χ0n) is 20.1. The van der Waals surface area contributed by atoms with Gasteiger partial charge in [-0.1, -0.05) is 19.1 Å². The van der Waals surface area contributed by atoms with Crippen LogP contribution in [0.4, 0.5) is 0 Å². The molecule has 2 aliphatic rings. The predicted octanol–water partition coefficient (Wildman–Crippen LogP) is 4.11. The highest BCUT2D eigenvalue weighted by molar-refractivity contribution is 14.0. The van der Waals surface area contributed by atoms with Crippen molar-refractivity contribution in [2.24, 2.45) is 10.9 Å². The molecule has 2 saturated heterocycles. The number of hydrogen-bond acceptors (Lipinski definition) is 4. The normalized spacial score (nSPS) is 23.0. The first kappa shape index (κ1) is 25.8. The molecule has 2 fully saturated rings. The number of nitrogens with zero attached hydrogens (tertiary/aromatic N) is 4. The number of ether oxygens (including phenoxy) is 2. The van der Waals surface area contributed by atoms with Gasteiger partial charge in [0, 0.05) is 50.7 Å². The van der Waals surface area contributed by atoms with Crippen LogP contribution in [0.5, 0.6) is 5.75 Å². The zero-order chi connectivity index (χ0) is 22.4. The van der Waals surface area contributed by atoms with E-state index in [9.17, 15) is 0 Å². The molecule has 0 spiro atoms. The summed E-state index contributed by atoms with van der Waals surface area (Å²) >= 11 is 0. The molecule has 7 nitrogen and oxygen atoms in total. The minimum absolute atomic E-state index is 0. The summed E-state index contributed by atoms with van der Waals surface area (Å²) in [5.74, 6) is 2.52. The molecule has 0 radical (unpaired) electrons. The lowest BCUT2D eigenvalue weighted by atomic mass is 9.74. The second kappa shape index (κ2) is 12.1. The van der Waals surface area contributed by atoms with Crippen LogP contribution < -0.4 is 10.1 Å². The number of guanidine groups is 1. The molecule has 2 aliphatic heterocycles. The average Bonchev–Trinajstić information content (AvgIpc) is 3.38. The molecule has 0 aliphatic carbocycles. The molecule has 8 heteroatoms. The van der Waals surface area contributed by atoms with E-state index < -0.39 is 0 Å². The predicted molar refractivity (Wildman–Crippen MR) is 143 cm³/mol. The van der Waals surface area contributed by atoms with E-state index in [1.165, 1.54) is 5.56 Å². The summed E-state index contributed by atoms with van der Waals surface area (Å²) in [5, 5.41) is 3.56. The second-order valence-electron chi connectivity index (χ2n) is 9.08. The van der Waals surface area contributed by atoms with E-state index in [1.54, 1.807) is 7.11 Å². The lowest BCUT2D eigenvalue weighted by Crippen LogP contribution is -2.49. The fourth-order valence-corrected chi connectivity index (χ4v) is 4.99. The van der Waals surface area contributed by atoms with E-state index in [0.717, 1.165) is 70.4 Å². The molecule has 1 aromatic heterocycles. The molecule has 0 bridgehead atoms. The van der Waals surface area contributed by atoms with E-state index in [-0.39, 0.29) is 29.4 Å². The number of methoxy groups -OCH3 is 1. The fourth-order valence-electron chi connectivity index (χ4n) is 4.99. The maximum absolute atomic E-state index is 5.72. The van der Waals surface area contributed by atoms with Crippen molar-refractivity contribution in [1.29, 1.82) is 0 Å². The molecule has 33 heavy (non-hydrogen) atoms. The summed E-state index contributed by atoms with van der Waals surface area (Å²) in [6.45, 7) is 9.63. The fraction of sp³-hybridized carbons (Fsp3) is 0.600. The molecule has 4 rings (SSSR count).